The average molecular weight is 440 g/mol. The molecule has 7 heteroatoms. The number of rotatable bonds is 9. The lowest BCUT2D eigenvalue weighted by Gasteiger charge is -2.29. The topological polar surface area (TPSA) is 102 Å². The number of carbonyl (C=O) groups is 3. The molecule has 0 aromatic heterocycles. The van der Waals surface area contributed by atoms with Crippen LogP contribution in [0.2, 0.25) is 0 Å². The second kappa shape index (κ2) is 9.85. The van der Waals surface area contributed by atoms with Crippen molar-refractivity contribution in [3.8, 4) is 11.1 Å². The van der Waals surface area contributed by atoms with Crippen LogP contribution in [-0.2, 0) is 19.1 Å². The first-order valence-electron chi connectivity index (χ1n) is 10.8. The highest BCUT2D eigenvalue weighted by Crippen LogP contribution is 2.44. The number of amides is 1. The molecule has 0 radical (unpaired) electrons. The summed E-state index contributed by atoms with van der Waals surface area (Å²) >= 11 is 0. The molecule has 0 spiro atoms. The van der Waals surface area contributed by atoms with E-state index in [-0.39, 0.29) is 12.5 Å². The first-order valence-corrected chi connectivity index (χ1v) is 10.8. The zero-order valence-corrected chi connectivity index (χ0v) is 18.6. The molecule has 0 saturated carbocycles. The number of hydrogen-bond donors (Lipinski definition) is 2. The van der Waals surface area contributed by atoms with E-state index in [2.05, 4.69) is 5.32 Å². The van der Waals surface area contributed by atoms with Crippen molar-refractivity contribution in [1.82, 2.24) is 5.32 Å². The van der Waals surface area contributed by atoms with E-state index in [0.29, 0.717) is 12.8 Å². The third-order valence-corrected chi connectivity index (χ3v) is 6.14. The van der Waals surface area contributed by atoms with E-state index in [1.807, 2.05) is 62.4 Å². The van der Waals surface area contributed by atoms with Gasteiger partial charge in [-0.25, -0.2) is 9.59 Å². The Bertz CT molecular complexity index is 952. The van der Waals surface area contributed by atoms with Gasteiger partial charge in [0, 0.05) is 5.92 Å². The maximum atomic E-state index is 12.6. The molecule has 2 N–H and O–H groups in total. The number of nitrogens with one attached hydrogen (secondary N) is 1. The molecular formula is C25H29NO6. The molecule has 1 aliphatic rings. The van der Waals surface area contributed by atoms with Crippen molar-refractivity contribution in [2.24, 2.45) is 0 Å². The van der Waals surface area contributed by atoms with Crippen molar-refractivity contribution in [3.63, 3.8) is 0 Å². The molecule has 2 aromatic carbocycles. The Balaban J connectivity index is 1.68. The quantitative estimate of drug-likeness (QED) is 0.558. The minimum Gasteiger partial charge on any atom is -0.481 e. The minimum absolute atomic E-state index is 0.0658. The van der Waals surface area contributed by atoms with Crippen LogP contribution in [-0.4, -0.2) is 41.4 Å². The summed E-state index contributed by atoms with van der Waals surface area (Å²) < 4.78 is 10.9. The molecule has 2 aromatic rings. The Morgan fingerprint density at radius 3 is 2.03 bits per heavy atom. The highest BCUT2D eigenvalue weighted by atomic mass is 16.6. The van der Waals surface area contributed by atoms with Gasteiger partial charge in [-0.1, -0.05) is 62.4 Å². The first-order chi connectivity index (χ1) is 15.3. The zero-order chi connectivity index (χ0) is 23.3. The van der Waals surface area contributed by atoms with E-state index in [0.717, 1.165) is 22.3 Å². The van der Waals surface area contributed by atoms with Crippen molar-refractivity contribution in [3.05, 3.63) is 59.7 Å². The van der Waals surface area contributed by atoms with E-state index >= 15 is 0 Å². The number of carbonyl (C=O) groups excluding carboxylic acids is 2. The molecule has 0 aliphatic heterocycles. The maximum absolute atomic E-state index is 12.6. The Kier molecular flexibility index (Phi) is 7.18. The Morgan fingerprint density at radius 2 is 1.53 bits per heavy atom. The lowest BCUT2D eigenvalue weighted by molar-refractivity contribution is -0.163. The summed E-state index contributed by atoms with van der Waals surface area (Å²) in [5.74, 6) is -2.14. The fourth-order valence-corrected chi connectivity index (χ4v) is 3.86. The van der Waals surface area contributed by atoms with Gasteiger partial charge in [-0.3, -0.25) is 4.79 Å². The van der Waals surface area contributed by atoms with E-state index in [1.165, 1.54) is 0 Å². The average Bonchev–Trinajstić information content (AvgIpc) is 3.10. The van der Waals surface area contributed by atoms with Gasteiger partial charge in [-0.05, 0) is 42.0 Å². The van der Waals surface area contributed by atoms with Crippen LogP contribution in [0.5, 0.6) is 0 Å². The highest BCUT2D eigenvalue weighted by molar-refractivity contribution is 5.86. The van der Waals surface area contributed by atoms with Crippen molar-refractivity contribution in [2.75, 3.05) is 6.61 Å². The number of carboxylic acids is 1. The lowest BCUT2D eigenvalue weighted by atomic mass is 9.98. The molecule has 3 rings (SSSR count). The molecule has 0 bridgehead atoms. The van der Waals surface area contributed by atoms with Crippen molar-refractivity contribution in [2.45, 2.75) is 57.6 Å². The second-order valence-corrected chi connectivity index (χ2v) is 8.20. The van der Waals surface area contributed by atoms with Gasteiger partial charge in [0.25, 0.3) is 0 Å². The van der Waals surface area contributed by atoms with Gasteiger partial charge in [0.05, 0.1) is 6.42 Å². The van der Waals surface area contributed by atoms with Gasteiger partial charge < -0.3 is 19.9 Å². The third-order valence-electron chi connectivity index (χ3n) is 6.14. The number of carboxylic acid groups (broad SMARTS) is 1. The van der Waals surface area contributed by atoms with Crippen LogP contribution < -0.4 is 5.32 Å². The summed E-state index contributed by atoms with van der Waals surface area (Å²) in [6.45, 7) is 5.59. The molecule has 0 fully saturated rings. The minimum atomic E-state index is -1.33. The fraction of sp³-hybridized carbons (Fsp3) is 0.400. The second-order valence-electron chi connectivity index (χ2n) is 8.20. The van der Waals surface area contributed by atoms with Crippen LogP contribution in [0.15, 0.2) is 48.5 Å². The fourth-order valence-electron chi connectivity index (χ4n) is 3.86. The Labute approximate surface area is 187 Å². The predicted molar refractivity (Wildman–Crippen MR) is 119 cm³/mol. The third kappa shape index (κ3) is 5.10. The SMILES string of the molecule is CCC(C)(CC)OC(=O)C(CC(=O)O)NC(=O)OCC1c2ccccc2-c2ccccc21. The van der Waals surface area contributed by atoms with E-state index in [4.69, 9.17) is 9.47 Å². The monoisotopic (exact) mass is 439 g/mol. The molecule has 170 valence electrons. The number of ether oxygens (including phenoxy) is 2. The van der Waals surface area contributed by atoms with Crippen molar-refractivity contribution in [1.29, 1.82) is 0 Å². The molecule has 0 saturated heterocycles. The van der Waals surface area contributed by atoms with Gasteiger partial charge in [-0.15, -0.1) is 0 Å². The van der Waals surface area contributed by atoms with Gasteiger partial charge in [0.1, 0.15) is 18.2 Å². The largest absolute Gasteiger partial charge is 0.481 e. The van der Waals surface area contributed by atoms with Crippen LogP contribution in [0, 0.1) is 0 Å². The smallest absolute Gasteiger partial charge is 0.407 e. The van der Waals surface area contributed by atoms with Crippen molar-refractivity contribution >= 4 is 18.0 Å². The zero-order valence-electron chi connectivity index (χ0n) is 18.6. The van der Waals surface area contributed by atoms with Gasteiger partial charge in [0.15, 0.2) is 0 Å². The highest BCUT2D eigenvalue weighted by Gasteiger charge is 2.33. The van der Waals surface area contributed by atoms with E-state index in [1.54, 1.807) is 6.92 Å². The number of aliphatic carboxylic acids is 1. The summed E-state index contributed by atoms with van der Waals surface area (Å²) in [4.78, 5) is 36.3. The predicted octanol–water partition coefficient (Wildman–Crippen LogP) is 4.49. The van der Waals surface area contributed by atoms with Crippen LogP contribution in [0.25, 0.3) is 11.1 Å². The molecule has 7 nitrogen and oxygen atoms in total. The van der Waals surface area contributed by atoms with Crippen LogP contribution in [0.1, 0.15) is 57.1 Å². The van der Waals surface area contributed by atoms with E-state index < -0.39 is 36.1 Å². The maximum Gasteiger partial charge on any atom is 0.407 e. The number of alkyl carbamates (subject to hydrolysis) is 1. The number of fused-ring (bicyclic) bond motifs is 3. The first kappa shape index (κ1) is 23.3. The molecule has 1 aliphatic carbocycles. The summed E-state index contributed by atoms with van der Waals surface area (Å²) in [5, 5.41) is 11.6. The van der Waals surface area contributed by atoms with Crippen molar-refractivity contribution < 1.29 is 29.0 Å². The summed E-state index contributed by atoms with van der Waals surface area (Å²) in [7, 11) is 0. The Morgan fingerprint density at radius 1 is 1.00 bits per heavy atom. The standard InChI is InChI=1S/C25H29NO6/c1-4-25(3,5-2)32-23(29)21(14-22(27)28)26-24(30)31-15-20-18-12-8-6-10-16(18)17-11-7-9-13-19(17)20/h6-13,20-21H,4-5,14-15H2,1-3H3,(H,26,30)(H,27,28). The van der Waals surface area contributed by atoms with Gasteiger partial charge in [-0.2, -0.15) is 0 Å². The number of benzene rings is 2. The molecule has 0 heterocycles. The molecule has 32 heavy (non-hydrogen) atoms. The van der Waals surface area contributed by atoms with Crippen LogP contribution >= 0.6 is 0 Å². The summed E-state index contributed by atoms with van der Waals surface area (Å²) in [6, 6.07) is 14.6. The van der Waals surface area contributed by atoms with Gasteiger partial charge in [0.2, 0.25) is 0 Å². The molecular weight excluding hydrogens is 410 g/mol. The lowest BCUT2D eigenvalue weighted by Crippen LogP contribution is -2.46. The summed E-state index contributed by atoms with van der Waals surface area (Å²) in [6.07, 6.45) is -0.309. The van der Waals surface area contributed by atoms with E-state index in [9.17, 15) is 19.5 Å². The molecule has 1 atom stereocenters. The summed E-state index contributed by atoms with van der Waals surface area (Å²) in [5.41, 5.74) is 3.59. The van der Waals surface area contributed by atoms with Crippen LogP contribution in [0.4, 0.5) is 4.79 Å². The molecule has 1 unspecified atom stereocenters. The Hall–Kier alpha value is -3.35. The number of esters is 1. The van der Waals surface area contributed by atoms with Crippen LogP contribution in [0.3, 0.4) is 0 Å². The van der Waals surface area contributed by atoms with Gasteiger partial charge >= 0.3 is 18.0 Å². The normalized spacial score (nSPS) is 13.6. The molecule has 1 amide bonds. The number of hydrogen-bond acceptors (Lipinski definition) is 5.